The molecule has 1 heterocycles. The van der Waals surface area contributed by atoms with Gasteiger partial charge in [-0.05, 0) is 17.7 Å². The van der Waals surface area contributed by atoms with Gasteiger partial charge in [0, 0.05) is 0 Å². The van der Waals surface area contributed by atoms with Gasteiger partial charge in [-0.1, -0.05) is 12.1 Å². The number of benzene rings is 1. The molecule has 1 aromatic carbocycles. The van der Waals surface area contributed by atoms with E-state index in [1.165, 1.54) is 0 Å². The molecular weight excluding hydrogens is 208 g/mol. The molecule has 0 bridgehead atoms. The summed E-state index contributed by atoms with van der Waals surface area (Å²) in [5.41, 5.74) is 0.823. The predicted molar refractivity (Wildman–Crippen MR) is 56.0 cm³/mol. The summed E-state index contributed by atoms with van der Waals surface area (Å²) in [5, 5.41) is 0. The van der Waals surface area contributed by atoms with Crippen LogP contribution in [0.3, 0.4) is 0 Å². The maximum atomic E-state index is 11.1. The van der Waals surface area contributed by atoms with Crippen molar-refractivity contribution in [1.82, 2.24) is 0 Å². The second-order valence-electron chi connectivity index (χ2n) is 3.69. The molecule has 4 nitrogen and oxygen atoms in total. The summed E-state index contributed by atoms with van der Waals surface area (Å²) in [5.74, 6) is 0.0366. The highest BCUT2D eigenvalue weighted by atomic mass is 16.6. The van der Waals surface area contributed by atoms with Gasteiger partial charge in [-0.2, -0.15) is 0 Å². The van der Waals surface area contributed by atoms with Crippen molar-refractivity contribution in [1.29, 1.82) is 0 Å². The minimum atomic E-state index is -0.448. The van der Waals surface area contributed by atoms with Crippen molar-refractivity contribution in [3.8, 4) is 5.75 Å². The zero-order chi connectivity index (χ0) is 11.5. The second-order valence-corrected chi connectivity index (χ2v) is 3.69. The van der Waals surface area contributed by atoms with Crippen LogP contribution in [0.4, 0.5) is 0 Å². The number of aldehydes is 1. The van der Waals surface area contributed by atoms with Crippen LogP contribution in [0.15, 0.2) is 24.3 Å². The molecule has 0 unspecified atom stereocenters. The predicted octanol–water partition coefficient (Wildman–Crippen LogP) is 1.50. The van der Waals surface area contributed by atoms with Crippen LogP contribution in [-0.4, -0.2) is 19.4 Å². The Morgan fingerprint density at radius 3 is 2.62 bits per heavy atom. The third-order valence-electron chi connectivity index (χ3n) is 2.67. The lowest BCUT2D eigenvalue weighted by Gasteiger charge is -2.13. The molecular formula is C12H12O4. The Labute approximate surface area is 93.2 Å². The normalized spacial score (nSPS) is 23.9. The molecule has 0 saturated carbocycles. The van der Waals surface area contributed by atoms with Crippen LogP contribution in [0, 0.1) is 5.92 Å². The van der Waals surface area contributed by atoms with Crippen LogP contribution in [0.5, 0.6) is 5.75 Å². The fourth-order valence-corrected chi connectivity index (χ4v) is 1.80. The number of ether oxygens (including phenoxy) is 2. The van der Waals surface area contributed by atoms with Crippen molar-refractivity contribution in [3.05, 3.63) is 29.8 Å². The van der Waals surface area contributed by atoms with E-state index in [2.05, 4.69) is 0 Å². The Bertz CT molecular complexity index is 396. The molecule has 0 N–H and O–H groups in total. The van der Waals surface area contributed by atoms with Crippen LogP contribution in [0.25, 0.3) is 0 Å². The summed E-state index contributed by atoms with van der Waals surface area (Å²) >= 11 is 0. The Balaban J connectivity index is 2.22. The average Bonchev–Trinajstić information content (AvgIpc) is 2.70. The largest absolute Gasteiger partial charge is 0.497 e. The lowest BCUT2D eigenvalue weighted by molar-refractivity contribution is -0.141. The number of rotatable bonds is 3. The molecule has 2 atom stereocenters. The van der Waals surface area contributed by atoms with E-state index < -0.39 is 6.10 Å². The van der Waals surface area contributed by atoms with Gasteiger partial charge >= 0.3 is 5.97 Å². The molecule has 1 aliphatic heterocycles. The summed E-state index contributed by atoms with van der Waals surface area (Å²) in [4.78, 5) is 21.9. The molecule has 0 radical (unpaired) electrons. The number of methoxy groups -OCH3 is 1. The molecule has 4 heteroatoms. The molecule has 84 valence electrons. The number of hydrogen-bond donors (Lipinski definition) is 0. The molecule has 1 fully saturated rings. The summed E-state index contributed by atoms with van der Waals surface area (Å²) in [6, 6.07) is 7.17. The number of esters is 1. The van der Waals surface area contributed by atoms with Crippen LogP contribution in [0.1, 0.15) is 18.1 Å². The smallest absolute Gasteiger partial charge is 0.307 e. The summed E-state index contributed by atoms with van der Waals surface area (Å²) in [7, 11) is 1.58. The molecule has 16 heavy (non-hydrogen) atoms. The third kappa shape index (κ3) is 1.91. The van der Waals surface area contributed by atoms with E-state index in [1.54, 1.807) is 31.4 Å². The lowest BCUT2D eigenvalue weighted by Crippen LogP contribution is -2.08. The van der Waals surface area contributed by atoms with Gasteiger partial charge in [-0.25, -0.2) is 0 Å². The topological polar surface area (TPSA) is 52.6 Å². The minimum Gasteiger partial charge on any atom is -0.497 e. The zero-order valence-corrected chi connectivity index (χ0v) is 8.88. The van der Waals surface area contributed by atoms with E-state index in [9.17, 15) is 9.59 Å². The monoisotopic (exact) mass is 220 g/mol. The SMILES string of the molecule is COc1ccc([C@H]2OC(=O)C[C@@H]2C=O)cc1. The van der Waals surface area contributed by atoms with Crippen LogP contribution in [0.2, 0.25) is 0 Å². The van der Waals surface area contributed by atoms with Crippen LogP contribution >= 0.6 is 0 Å². The van der Waals surface area contributed by atoms with Gasteiger partial charge in [0.25, 0.3) is 0 Å². The molecule has 0 spiro atoms. The molecule has 0 aromatic heterocycles. The quantitative estimate of drug-likeness (QED) is 0.572. The highest BCUT2D eigenvalue weighted by Crippen LogP contribution is 2.34. The Morgan fingerprint density at radius 1 is 1.38 bits per heavy atom. The van der Waals surface area contributed by atoms with Crippen molar-refractivity contribution in [2.75, 3.05) is 7.11 Å². The fourth-order valence-electron chi connectivity index (χ4n) is 1.80. The van der Waals surface area contributed by atoms with Crippen molar-refractivity contribution in [2.24, 2.45) is 5.92 Å². The highest BCUT2D eigenvalue weighted by Gasteiger charge is 2.35. The highest BCUT2D eigenvalue weighted by molar-refractivity contribution is 5.78. The Hall–Kier alpha value is -1.84. The maximum absolute atomic E-state index is 11.1. The Morgan fingerprint density at radius 2 is 2.06 bits per heavy atom. The molecule has 2 rings (SSSR count). The van der Waals surface area contributed by atoms with Gasteiger partial charge in [0.1, 0.15) is 18.1 Å². The molecule has 1 aromatic rings. The van der Waals surface area contributed by atoms with Crippen molar-refractivity contribution < 1.29 is 19.1 Å². The fraction of sp³-hybridized carbons (Fsp3) is 0.333. The summed E-state index contributed by atoms with van der Waals surface area (Å²) < 4.78 is 10.1. The van der Waals surface area contributed by atoms with Crippen molar-refractivity contribution in [2.45, 2.75) is 12.5 Å². The van der Waals surface area contributed by atoms with E-state index in [-0.39, 0.29) is 18.3 Å². The van der Waals surface area contributed by atoms with Gasteiger partial charge in [0.2, 0.25) is 0 Å². The standard InChI is InChI=1S/C12H12O4/c1-15-10-4-2-8(3-5-10)12-9(7-13)6-11(14)16-12/h2-5,7,9,12H,6H2,1H3/t9-,12-/m1/s1. The number of carbonyl (C=O) groups is 2. The molecule has 1 aliphatic rings. The van der Waals surface area contributed by atoms with Crippen molar-refractivity contribution in [3.63, 3.8) is 0 Å². The molecule has 0 aliphatic carbocycles. The zero-order valence-electron chi connectivity index (χ0n) is 8.88. The van der Waals surface area contributed by atoms with E-state index in [0.29, 0.717) is 0 Å². The number of cyclic esters (lactones) is 1. The maximum Gasteiger partial charge on any atom is 0.307 e. The van der Waals surface area contributed by atoms with Gasteiger partial charge < -0.3 is 14.3 Å². The van der Waals surface area contributed by atoms with E-state index in [1.807, 2.05) is 0 Å². The first-order chi connectivity index (χ1) is 7.74. The first kappa shape index (κ1) is 10.7. The summed E-state index contributed by atoms with van der Waals surface area (Å²) in [6.07, 6.45) is 0.496. The lowest BCUT2D eigenvalue weighted by atomic mass is 9.97. The van der Waals surface area contributed by atoms with E-state index >= 15 is 0 Å². The van der Waals surface area contributed by atoms with Gasteiger partial charge in [-0.15, -0.1) is 0 Å². The second kappa shape index (κ2) is 4.35. The number of hydrogen-bond acceptors (Lipinski definition) is 4. The molecule has 0 amide bonds. The van der Waals surface area contributed by atoms with E-state index in [4.69, 9.17) is 9.47 Å². The van der Waals surface area contributed by atoms with E-state index in [0.717, 1.165) is 17.6 Å². The van der Waals surface area contributed by atoms with Crippen LogP contribution < -0.4 is 4.74 Å². The number of carbonyl (C=O) groups excluding carboxylic acids is 2. The third-order valence-corrected chi connectivity index (χ3v) is 2.67. The molecule has 1 saturated heterocycles. The van der Waals surface area contributed by atoms with Gasteiger partial charge in [0.15, 0.2) is 0 Å². The van der Waals surface area contributed by atoms with Crippen LogP contribution in [-0.2, 0) is 14.3 Å². The summed E-state index contributed by atoms with van der Waals surface area (Å²) in [6.45, 7) is 0. The first-order valence-corrected chi connectivity index (χ1v) is 5.03. The average molecular weight is 220 g/mol. The van der Waals surface area contributed by atoms with Gasteiger partial charge in [-0.3, -0.25) is 4.79 Å². The van der Waals surface area contributed by atoms with Gasteiger partial charge in [0.05, 0.1) is 19.4 Å². The van der Waals surface area contributed by atoms with Crippen molar-refractivity contribution >= 4 is 12.3 Å². The Kier molecular flexibility index (Phi) is 2.90. The minimum absolute atomic E-state index is 0.167. The first-order valence-electron chi connectivity index (χ1n) is 5.03.